The van der Waals surface area contributed by atoms with E-state index in [9.17, 15) is 4.79 Å². The van der Waals surface area contributed by atoms with Crippen molar-refractivity contribution >= 4 is 22.4 Å². The van der Waals surface area contributed by atoms with Crippen molar-refractivity contribution in [2.24, 2.45) is 0 Å². The number of benzene rings is 1. The molecule has 1 aliphatic heterocycles. The normalized spacial score (nSPS) is 16.5. The molecule has 7 heteroatoms. The molecule has 0 N–H and O–H groups in total. The number of nitrogens with zero attached hydrogens (tertiary/aromatic N) is 5. The van der Waals surface area contributed by atoms with Crippen LogP contribution < -0.4 is 4.90 Å². The van der Waals surface area contributed by atoms with E-state index < -0.39 is 6.04 Å². The number of hydrogen-bond acceptors (Lipinski definition) is 6. The van der Waals surface area contributed by atoms with Gasteiger partial charge in [0.05, 0.1) is 17.3 Å². The Labute approximate surface area is 144 Å². The first-order valence-electron chi connectivity index (χ1n) is 7.54. The highest BCUT2D eigenvalue weighted by Crippen LogP contribution is 2.29. The maximum absolute atomic E-state index is 12.6. The summed E-state index contributed by atoms with van der Waals surface area (Å²) in [6.07, 6.45) is 3.63. The third kappa shape index (κ3) is 2.94. The van der Waals surface area contributed by atoms with E-state index in [1.165, 1.54) is 21.1 Å². The number of anilines is 1. The Kier molecular flexibility index (Phi) is 4.45. The van der Waals surface area contributed by atoms with Crippen LogP contribution in [0.3, 0.4) is 0 Å². The highest BCUT2D eigenvalue weighted by Gasteiger charge is 2.33. The minimum absolute atomic E-state index is 0.110. The van der Waals surface area contributed by atoms with Crippen LogP contribution in [0.1, 0.15) is 18.4 Å². The monoisotopic (exact) mass is 337 g/mol. The molecule has 120 valence electrons. The summed E-state index contributed by atoms with van der Waals surface area (Å²) < 4.78 is 0. The van der Waals surface area contributed by atoms with Gasteiger partial charge in [-0.15, -0.1) is 11.3 Å². The van der Waals surface area contributed by atoms with Gasteiger partial charge in [-0.1, -0.05) is 12.1 Å². The molecule has 0 radical (unpaired) electrons. The lowest BCUT2D eigenvalue weighted by atomic mass is 10.1. The highest BCUT2D eigenvalue weighted by molar-refractivity contribution is 7.14. The standard InChI is InChI=1S/C17H15N5OS/c1-21(16(23)15-6-3-7-22(15)11-19)17-20-14(10-24-17)13-5-2-4-12(8-13)9-18/h2,4-5,8,10,15H,3,6-7H2,1H3/t15-/m0/s1. The van der Waals surface area contributed by atoms with Crippen LogP contribution in [0.4, 0.5) is 5.13 Å². The zero-order chi connectivity index (χ0) is 17.1. The fourth-order valence-electron chi connectivity index (χ4n) is 2.76. The fourth-order valence-corrected chi connectivity index (χ4v) is 3.56. The number of amides is 1. The maximum atomic E-state index is 12.6. The molecule has 1 aliphatic rings. The maximum Gasteiger partial charge on any atom is 0.251 e. The van der Waals surface area contributed by atoms with Crippen molar-refractivity contribution in [3.05, 3.63) is 35.2 Å². The van der Waals surface area contributed by atoms with Crippen LogP contribution in [-0.2, 0) is 4.79 Å². The lowest BCUT2D eigenvalue weighted by Crippen LogP contribution is -2.42. The first-order valence-corrected chi connectivity index (χ1v) is 8.42. The predicted octanol–water partition coefficient (Wildman–Crippen LogP) is 2.59. The Balaban J connectivity index is 1.81. The largest absolute Gasteiger partial charge is 0.298 e. The SMILES string of the molecule is CN(C(=O)[C@@H]1CCCN1C#N)c1nc(-c2cccc(C#N)c2)cs1. The summed E-state index contributed by atoms with van der Waals surface area (Å²) in [5.41, 5.74) is 2.15. The minimum atomic E-state index is -0.394. The molecular formula is C17H15N5OS. The number of likely N-dealkylation sites (tertiary alicyclic amines) is 1. The van der Waals surface area contributed by atoms with Crippen LogP contribution in [-0.4, -0.2) is 35.4 Å². The molecule has 2 heterocycles. The quantitative estimate of drug-likeness (QED) is 0.804. The van der Waals surface area contributed by atoms with Gasteiger partial charge in [-0.05, 0) is 25.0 Å². The smallest absolute Gasteiger partial charge is 0.251 e. The molecule has 1 fully saturated rings. The zero-order valence-electron chi connectivity index (χ0n) is 13.1. The Morgan fingerprint density at radius 2 is 2.29 bits per heavy atom. The van der Waals surface area contributed by atoms with Crippen molar-refractivity contribution in [3.8, 4) is 23.5 Å². The Morgan fingerprint density at radius 1 is 1.46 bits per heavy atom. The number of thiazole rings is 1. The van der Waals surface area contributed by atoms with Crippen LogP contribution in [0, 0.1) is 22.8 Å². The second-order valence-electron chi connectivity index (χ2n) is 5.56. The number of carbonyl (C=O) groups is 1. The predicted molar refractivity (Wildman–Crippen MR) is 91.0 cm³/mol. The molecule has 1 atom stereocenters. The molecule has 1 aromatic heterocycles. The minimum Gasteiger partial charge on any atom is -0.298 e. The van der Waals surface area contributed by atoms with E-state index >= 15 is 0 Å². The molecule has 0 spiro atoms. The molecule has 24 heavy (non-hydrogen) atoms. The van der Waals surface area contributed by atoms with Crippen LogP contribution in [0.5, 0.6) is 0 Å². The number of hydrogen-bond donors (Lipinski definition) is 0. The number of rotatable bonds is 3. The van der Waals surface area contributed by atoms with Crippen molar-refractivity contribution in [1.29, 1.82) is 10.5 Å². The van der Waals surface area contributed by atoms with E-state index in [-0.39, 0.29) is 5.91 Å². The summed E-state index contributed by atoms with van der Waals surface area (Å²) in [4.78, 5) is 20.2. The van der Waals surface area contributed by atoms with Gasteiger partial charge in [0.25, 0.3) is 5.91 Å². The van der Waals surface area contributed by atoms with E-state index in [4.69, 9.17) is 10.5 Å². The molecular weight excluding hydrogens is 322 g/mol. The highest BCUT2D eigenvalue weighted by atomic mass is 32.1. The van der Waals surface area contributed by atoms with Crippen molar-refractivity contribution < 1.29 is 4.79 Å². The van der Waals surface area contributed by atoms with Gasteiger partial charge in [-0.3, -0.25) is 14.6 Å². The summed E-state index contributed by atoms with van der Waals surface area (Å²) >= 11 is 1.37. The van der Waals surface area contributed by atoms with Crippen LogP contribution in [0.25, 0.3) is 11.3 Å². The fraction of sp³-hybridized carbons (Fsp3) is 0.294. The molecule has 1 amide bonds. The van der Waals surface area contributed by atoms with Gasteiger partial charge in [0, 0.05) is 24.5 Å². The van der Waals surface area contributed by atoms with Crippen molar-refractivity contribution in [1.82, 2.24) is 9.88 Å². The second-order valence-corrected chi connectivity index (χ2v) is 6.39. The Hall–Kier alpha value is -2.90. The average Bonchev–Trinajstić information content (AvgIpc) is 3.29. The Morgan fingerprint density at radius 3 is 3.04 bits per heavy atom. The van der Waals surface area contributed by atoms with Gasteiger partial charge in [0.15, 0.2) is 11.3 Å². The Bertz CT molecular complexity index is 847. The van der Waals surface area contributed by atoms with Crippen molar-refractivity contribution in [2.45, 2.75) is 18.9 Å². The van der Waals surface area contributed by atoms with Gasteiger partial charge in [0.1, 0.15) is 6.04 Å². The summed E-state index contributed by atoms with van der Waals surface area (Å²) in [5.74, 6) is -0.110. The summed E-state index contributed by atoms with van der Waals surface area (Å²) in [5, 5.41) is 20.6. The van der Waals surface area contributed by atoms with E-state index in [2.05, 4.69) is 17.2 Å². The molecule has 6 nitrogen and oxygen atoms in total. The van der Waals surface area contributed by atoms with Gasteiger partial charge in [-0.25, -0.2) is 4.98 Å². The lowest BCUT2D eigenvalue weighted by molar-refractivity contribution is -0.121. The zero-order valence-corrected chi connectivity index (χ0v) is 14.0. The number of likely N-dealkylation sites (N-methyl/N-ethyl adjacent to an activating group) is 1. The molecule has 0 saturated carbocycles. The van der Waals surface area contributed by atoms with Gasteiger partial charge in [0.2, 0.25) is 0 Å². The van der Waals surface area contributed by atoms with E-state index in [0.717, 1.165) is 17.7 Å². The molecule has 0 unspecified atom stereocenters. The molecule has 0 bridgehead atoms. The summed E-state index contributed by atoms with van der Waals surface area (Å²) in [6.45, 7) is 0.630. The van der Waals surface area contributed by atoms with E-state index in [0.29, 0.717) is 23.7 Å². The summed E-state index contributed by atoms with van der Waals surface area (Å²) in [6, 6.07) is 8.92. The molecule has 2 aromatic rings. The second kappa shape index (κ2) is 6.69. The van der Waals surface area contributed by atoms with Crippen LogP contribution in [0.2, 0.25) is 0 Å². The first kappa shape index (κ1) is 16.0. The van der Waals surface area contributed by atoms with Gasteiger partial charge >= 0.3 is 0 Å². The van der Waals surface area contributed by atoms with E-state index in [1.807, 2.05) is 17.5 Å². The first-order chi connectivity index (χ1) is 11.6. The van der Waals surface area contributed by atoms with Gasteiger partial charge in [-0.2, -0.15) is 10.5 Å². The van der Waals surface area contributed by atoms with E-state index in [1.54, 1.807) is 19.2 Å². The number of nitriles is 2. The van der Waals surface area contributed by atoms with Crippen LogP contribution >= 0.6 is 11.3 Å². The molecule has 3 rings (SSSR count). The van der Waals surface area contributed by atoms with Crippen molar-refractivity contribution in [3.63, 3.8) is 0 Å². The third-order valence-corrected chi connectivity index (χ3v) is 4.98. The molecule has 1 aromatic carbocycles. The number of aromatic nitrogens is 1. The number of carbonyl (C=O) groups excluding carboxylic acids is 1. The van der Waals surface area contributed by atoms with Crippen LogP contribution in [0.15, 0.2) is 29.6 Å². The third-order valence-electron chi connectivity index (χ3n) is 4.06. The molecule has 0 aliphatic carbocycles. The van der Waals surface area contributed by atoms with Crippen molar-refractivity contribution in [2.75, 3.05) is 18.5 Å². The topological polar surface area (TPSA) is 84.0 Å². The average molecular weight is 337 g/mol. The lowest BCUT2D eigenvalue weighted by Gasteiger charge is -2.22. The van der Waals surface area contributed by atoms with Gasteiger partial charge < -0.3 is 0 Å². The summed E-state index contributed by atoms with van der Waals surface area (Å²) in [7, 11) is 1.69. The molecule has 1 saturated heterocycles.